The quantitative estimate of drug-likeness (QED) is 0.756. The van der Waals surface area contributed by atoms with Crippen molar-refractivity contribution in [2.75, 3.05) is 6.54 Å². The minimum absolute atomic E-state index is 0.0446. The molecular formula is C12H22N2O2. The summed E-state index contributed by atoms with van der Waals surface area (Å²) < 4.78 is 0. The average molecular weight is 226 g/mol. The number of nitrogens with two attached hydrogens (primary N) is 1. The largest absolute Gasteiger partial charge is 0.368 e. The topological polar surface area (TPSA) is 72.2 Å². The smallest absolute Gasteiger partial charge is 0.236 e. The fraction of sp³-hybridized carbons (Fsp3) is 0.833. The van der Waals surface area contributed by atoms with Gasteiger partial charge in [-0.15, -0.1) is 0 Å². The Morgan fingerprint density at radius 2 is 1.88 bits per heavy atom. The number of primary amides is 1. The van der Waals surface area contributed by atoms with Crippen LogP contribution in [0.2, 0.25) is 0 Å². The monoisotopic (exact) mass is 226 g/mol. The van der Waals surface area contributed by atoms with Gasteiger partial charge in [0, 0.05) is 6.42 Å². The Kier molecular flexibility index (Phi) is 4.33. The van der Waals surface area contributed by atoms with Crippen LogP contribution >= 0.6 is 0 Å². The molecule has 0 aromatic carbocycles. The van der Waals surface area contributed by atoms with Crippen molar-refractivity contribution in [1.82, 2.24) is 5.32 Å². The molecule has 4 nitrogen and oxygen atoms in total. The highest BCUT2D eigenvalue weighted by atomic mass is 16.2. The molecule has 0 atom stereocenters. The van der Waals surface area contributed by atoms with Crippen LogP contribution in [-0.4, -0.2) is 18.4 Å². The zero-order valence-electron chi connectivity index (χ0n) is 10.2. The normalized spacial score (nSPS) is 20.4. The lowest BCUT2D eigenvalue weighted by Crippen LogP contribution is -2.35. The third-order valence-electron chi connectivity index (χ3n) is 3.39. The maximum Gasteiger partial charge on any atom is 0.236 e. The molecule has 16 heavy (non-hydrogen) atoms. The first-order chi connectivity index (χ1) is 7.39. The fourth-order valence-electron chi connectivity index (χ4n) is 2.18. The number of rotatable bonds is 4. The lowest BCUT2D eigenvalue weighted by Gasteiger charge is -2.34. The van der Waals surface area contributed by atoms with Crippen LogP contribution in [0.1, 0.15) is 46.0 Å². The number of hydrogen-bond acceptors (Lipinski definition) is 2. The van der Waals surface area contributed by atoms with E-state index in [9.17, 15) is 9.59 Å². The molecule has 0 bridgehead atoms. The summed E-state index contributed by atoms with van der Waals surface area (Å²) in [5.74, 6) is -0.0671. The van der Waals surface area contributed by atoms with Crippen molar-refractivity contribution < 1.29 is 9.59 Å². The Balaban J connectivity index is 2.23. The maximum absolute atomic E-state index is 11.5. The molecule has 1 aliphatic rings. The molecule has 1 rings (SSSR count). The molecule has 1 aliphatic carbocycles. The summed E-state index contributed by atoms with van der Waals surface area (Å²) in [6.45, 7) is 4.50. The predicted octanol–water partition coefficient (Wildman–Crippen LogP) is 1.19. The van der Waals surface area contributed by atoms with Crippen LogP contribution < -0.4 is 11.1 Å². The number of nitrogens with one attached hydrogen (secondary N) is 1. The van der Waals surface area contributed by atoms with Gasteiger partial charge in [-0.05, 0) is 37.0 Å². The Morgan fingerprint density at radius 3 is 2.38 bits per heavy atom. The Morgan fingerprint density at radius 1 is 1.31 bits per heavy atom. The van der Waals surface area contributed by atoms with Crippen LogP contribution in [0.25, 0.3) is 0 Å². The lowest BCUT2D eigenvalue weighted by atomic mass is 9.72. The van der Waals surface area contributed by atoms with Gasteiger partial charge in [0.1, 0.15) is 0 Å². The first-order valence-electron chi connectivity index (χ1n) is 5.94. The molecule has 0 saturated heterocycles. The van der Waals surface area contributed by atoms with Crippen molar-refractivity contribution in [3.8, 4) is 0 Å². The van der Waals surface area contributed by atoms with Crippen LogP contribution in [0, 0.1) is 11.3 Å². The van der Waals surface area contributed by atoms with E-state index < -0.39 is 5.91 Å². The Labute approximate surface area is 97.0 Å². The van der Waals surface area contributed by atoms with E-state index in [0.29, 0.717) is 17.8 Å². The van der Waals surface area contributed by atoms with E-state index in [-0.39, 0.29) is 12.5 Å². The Bertz CT molecular complexity index is 264. The summed E-state index contributed by atoms with van der Waals surface area (Å²) in [5, 5.41) is 2.54. The standard InChI is InChI=1S/C12H22N2O2/c1-12(2)5-3-9(4-6-12)7-11(16)14-8-10(13)15/h9H,3-8H2,1-2H3,(H2,13,15)(H,14,16). The number of hydrogen-bond donors (Lipinski definition) is 2. The van der Waals surface area contributed by atoms with Crippen LogP contribution in [0.3, 0.4) is 0 Å². The lowest BCUT2D eigenvalue weighted by molar-refractivity contribution is -0.125. The summed E-state index contributed by atoms with van der Waals surface area (Å²) >= 11 is 0. The van der Waals surface area contributed by atoms with E-state index in [2.05, 4.69) is 19.2 Å². The summed E-state index contributed by atoms with van der Waals surface area (Å²) in [6, 6.07) is 0. The molecule has 0 aliphatic heterocycles. The molecule has 4 heteroatoms. The van der Waals surface area contributed by atoms with E-state index in [0.717, 1.165) is 12.8 Å². The van der Waals surface area contributed by atoms with E-state index in [1.54, 1.807) is 0 Å². The van der Waals surface area contributed by atoms with Crippen LogP contribution in [0.15, 0.2) is 0 Å². The number of amides is 2. The first kappa shape index (κ1) is 13.0. The molecule has 1 saturated carbocycles. The molecule has 0 radical (unpaired) electrons. The third-order valence-corrected chi connectivity index (χ3v) is 3.39. The highest BCUT2D eigenvalue weighted by Crippen LogP contribution is 2.38. The van der Waals surface area contributed by atoms with Crippen molar-refractivity contribution in [3.05, 3.63) is 0 Å². The van der Waals surface area contributed by atoms with E-state index in [4.69, 9.17) is 5.73 Å². The van der Waals surface area contributed by atoms with Gasteiger partial charge in [-0.25, -0.2) is 0 Å². The van der Waals surface area contributed by atoms with E-state index in [1.807, 2.05) is 0 Å². The van der Waals surface area contributed by atoms with Gasteiger partial charge in [0.15, 0.2) is 0 Å². The maximum atomic E-state index is 11.5. The minimum Gasteiger partial charge on any atom is -0.368 e. The van der Waals surface area contributed by atoms with Gasteiger partial charge in [0.25, 0.3) is 0 Å². The second-order valence-corrected chi connectivity index (χ2v) is 5.55. The van der Waals surface area contributed by atoms with Crippen molar-refractivity contribution in [2.45, 2.75) is 46.0 Å². The minimum atomic E-state index is -0.488. The molecule has 0 spiro atoms. The zero-order chi connectivity index (χ0) is 12.2. The fourth-order valence-corrected chi connectivity index (χ4v) is 2.18. The summed E-state index contributed by atoms with van der Waals surface area (Å²) in [7, 11) is 0. The van der Waals surface area contributed by atoms with E-state index in [1.165, 1.54) is 12.8 Å². The van der Waals surface area contributed by atoms with Gasteiger partial charge in [0.05, 0.1) is 6.54 Å². The van der Waals surface area contributed by atoms with Gasteiger partial charge < -0.3 is 11.1 Å². The average Bonchev–Trinajstić information content (AvgIpc) is 2.18. The van der Waals surface area contributed by atoms with E-state index >= 15 is 0 Å². The first-order valence-corrected chi connectivity index (χ1v) is 5.94. The molecule has 0 aromatic rings. The van der Waals surface area contributed by atoms with Crippen molar-refractivity contribution in [1.29, 1.82) is 0 Å². The van der Waals surface area contributed by atoms with Crippen LogP contribution in [-0.2, 0) is 9.59 Å². The third kappa shape index (κ3) is 4.64. The highest BCUT2D eigenvalue weighted by molar-refractivity contribution is 5.83. The molecule has 0 unspecified atom stereocenters. The summed E-state index contributed by atoms with van der Waals surface area (Å²) in [5.41, 5.74) is 5.39. The molecule has 3 N–H and O–H groups in total. The van der Waals surface area contributed by atoms with Gasteiger partial charge in [-0.2, -0.15) is 0 Å². The molecule has 0 heterocycles. The van der Waals surface area contributed by atoms with Gasteiger partial charge in [-0.1, -0.05) is 13.8 Å². The van der Waals surface area contributed by atoms with Gasteiger partial charge >= 0.3 is 0 Å². The number of carbonyl (C=O) groups is 2. The highest BCUT2D eigenvalue weighted by Gasteiger charge is 2.27. The van der Waals surface area contributed by atoms with Crippen LogP contribution in [0.5, 0.6) is 0 Å². The number of carbonyl (C=O) groups excluding carboxylic acids is 2. The summed E-state index contributed by atoms with van der Waals surface area (Å²) in [6.07, 6.45) is 5.11. The molecule has 2 amide bonds. The Hall–Kier alpha value is -1.06. The zero-order valence-corrected chi connectivity index (χ0v) is 10.2. The second kappa shape index (κ2) is 5.32. The van der Waals surface area contributed by atoms with Gasteiger partial charge in [0.2, 0.25) is 11.8 Å². The second-order valence-electron chi connectivity index (χ2n) is 5.55. The predicted molar refractivity (Wildman–Crippen MR) is 62.6 cm³/mol. The van der Waals surface area contributed by atoms with Crippen molar-refractivity contribution >= 4 is 11.8 Å². The molecule has 1 fully saturated rings. The van der Waals surface area contributed by atoms with Gasteiger partial charge in [-0.3, -0.25) is 9.59 Å². The van der Waals surface area contributed by atoms with Crippen molar-refractivity contribution in [3.63, 3.8) is 0 Å². The molecule has 92 valence electrons. The van der Waals surface area contributed by atoms with Crippen LogP contribution in [0.4, 0.5) is 0 Å². The molecular weight excluding hydrogens is 204 g/mol. The summed E-state index contributed by atoms with van der Waals surface area (Å²) in [4.78, 5) is 21.9. The molecule has 0 aromatic heterocycles. The van der Waals surface area contributed by atoms with Crippen molar-refractivity contribution in [2.24, 2.45) is 17.1 Å². The SMILES string of the molecule is CC1(C)CCC(CC(=O)NCC(N)=O)CC1.